The molecule has 1 aliphatic heterocycles. The van der Waals surface area contributed by atoms with E-state index in [1.54, 1.807) is 24.3 Å². The zero-order valence-electron chi connectivity index (χ0n) is 13.2. The Morgan fingerprint density at radius 2 is 1.76 bits per heavy atom. The lowest BCUT2D eigenvalue weighted by Crippen LogP contribution is -2.29. The van der Waals surface area contributed by atoms with Gasteiger partial charge in [0.1, 0.15) is 6.61 Å². The molecule has 1 heterocycles. The lowest BCUT2D eigenvalue weighted by Gasteiger charge is -2.09. The molecule has 0 spiro atoms. The zero-order chi connectivity index (χ0) is 18.0. The van der Waals surface area contributed by atoms with Gasteiger partial charge in [0, 0.05) is 11.6 Å². The molecule has 6 heteroatoms. The highest BCUT2D eigenvalue weighted by Gasteiger charge is 2.35. The van der Waals surface area contributed by atoms with Crippen molar-refractivity contribution in [1.82, 2.24) is 4.90 Å². The lowest BCUT2D eigenvalue weighted by molar-refractivity contribution is 0.0472. The molecule has 25 heavy (non-hydrogen) atoms. The van der Waals surface area contributed by atoms with E-state index in [9.17, 15) is 14.4 Å². The SMILES string of the molecule is C=CCN1C(=O)c2ccc(C(=O)OCc3ccc(Cl)cc3)cc2C1=O. The zero-order valence-corrected chi connectivity index (χ0v) is 14.0. The van der Waals surface area contributed by atoms with Crippen LogP contribution in [0.2, 0.25) is 5.02 Å². The van der Waals surface area contributed by atoms with Gasteiger partial charge in [-0.25, -0.2) is 4.79 Å². The van der Waals surface area contributed by atoms with Crippen molar-refractivity contribution >= 4 is 29.4 Å². The first-order valence-corrected chi connectivity index (χ1v) is 7.92. The molecule has 0 radical (unpaired) electrons. The highest BCUT2D eigenvalue weighted by atomic mass is 35.5. The molecule has 2 aromatic rings. The van der Waals surface area contributed by atoms with Gasteiger partial charge >= 0.3 is 5.97 Å². The Hall–Kier alpha value is -2.92. The van der Waals surface area contributed by atoms with Crippen LogP contribution in [0.3, 0.4) is 0 Å². The number of hydrogen-bond acceptors (Lipinski definition) is 4. The number of hydrogen-bond donors (Lipinski definition) is 0. The van der Waals surface area contributed by atoms with E-state index in [1.165, 1.54) is 24.3 Å². The fourth-order valence-corrected chi connectivity index (χ4v) is 2.65. The predicted octanol–water partition coefficient (Wildman–Crippen LogP) is 3.48. The third-order valence-electron chi connectivity index (χ3n) is 3.80. The molecule has 0 saturated heterocycles. The van der Waals surface area contributed by atoms with Crippen LogP contribution in [0.5, 0.6) is 0 Å². The van der Waals surface area contributed by atoms with Gasteiger partial charge in [-0.1, -0.05) is 29.8 Å². The van der Waals surface area contributed by atoms with Gasteiger partial charge in [-0.15, -0.1) is 6.58 Å². The number of imide groups is 1. The largest absolute Gasteiger partial charge is 0.457 e. The van der Waals surface area contributed by atoms with Crippen LogP contribution in [-0.4, -0.2) is 29.2 Å². The summed E-state index contributed by atoms with van der Waals surface area (Å²) in [6.45, 7) is 3.75. The number of ether oxygens (including phenoxy) is 1. The maximum atomic E-state index is 12.3. The molecule has 1 aliphatic rings. The molecule has 2 aromatic carbocycles. The number of amides is 2. The van der Waals surface area contributed by atoms with Crippen LogP contribution in [0.25, 0.3) is 0 Å². The summed E-state index contributed by atoms with van der Waals surface area (Å²) in [7, 11) is 0. The third kappa shape index (κ3) is 3.32. The molecule has 0 aliphatic carbocycles. The average Bonchev–Trinajstić information content (AvgIpc) is 2.86. The molecule has 5 nitrogen and oxygen atoms in total. The summed E-state index contributed by atoms with van der Waals surface area (Å²) < 4.78 is 5.24. The second kappa shape index (κ2) is 6.91. The fourth-order valence-electron chi connectivity index (χ4n) is 2.53. The van der Waals surface area contributed by atoms with Gasteiger partial charge in [0.05, 0.1) is 16.7 Å². The van der Waals surface area contributed by atoms with Crippen molar-refractivity contribution in [1.29, 1.82) is 0 Å². The van der Waals surface area contributed by atoms with Gasteiger partial charge in [-0.3, -0.25) is 14.5 Å². The molecule has 0 bridgehead atoms. The second-order valence-electron chi connectivity index (χ2n) is 5.47. The van der Waals surface area contributed by atoms with E-state index < -0.39 is 11.9 Å². The number of carbonyl (C=O) groups is 3. The molecule has 0 fully saturated rings. The van der Waals surface area contributed by atoms with E-state index in [4.69, 9.17) is 16.3 Å². The van der Waals surface area contributed by atoms with Gasteiger partial charge < -0.3 is 4.74 Å². The van der Waals surface area contributed by atoms with Crippen LogP contribution in [0.1, 0.15) is 36.6 Å². The number of nitrogens with zero attached hydrogens (tertiary/aromatic N) is 1. The predicted molar refractivity (Wildman–Crippen MR) is 92.6 cm³/mol. The number of rotatable bonds is 5. The summed E-state index contributed by atoms with van der Waals surface area (Å²) in [4.78, 5) is 37.7. The number of carbonyl (C=O) groups excluding carboxylic acids is 3. The lowest BCUT2D eigenvalue weighted by atomic mass is 10.1. The second-order valence-corrected chi connectivity index (χ2v) is 5.91. The Bertz CT molecular complexity index is 873. The minimum Gasteiger partial charge on any atom is -0.457 e. The van der Waals surface area contributed by atoms with Gasteiger partial charge in [0.15, 0.2) is 0 Å². The maximum absolute atomic E-state index is 12.3. The van der Waals surface area contributed by atoms with Crippen LogP contribution >= 0.6 is 11.6 Å². The van der Waals surface area contributed by atoms with Crippen molar-refractivity contribution in [2.24, 2.45) is 0 Å². The van der Waals surface area contributed by atoms with Crippen molar-refractivity contribution in [2.45, 2.75) is 6.61 Å². The fraction of sp³-hybridized carbons (Fsp3) is 0.105. The molecular weight excluding hydrogens is 342 g/mol. The number of fused-ring (bicyclic) bond motifs is 1. The molecule has 0 N–H and O–H groups in total. The Labute approximate surface area is 149 Å². The summed E-state index contributed by atoms with van der Waals surface area (Å²) >= 11 is 5.81. The molecular formula is C19H14ClNO4. The number of benzene rings is 2. The minimum absolute atomic E-state index is 0.0859. The molecule has 2 amide bonds. The van der Waals surface area contributed by atoms with E-state index in [0.717, 1.165) is 10.5 Å². The Morgan fingerprint density at radius 1 is 1.08 bits per heavy atom. The molecule has 0 atom stereocenters. The first-order chi connectivity index (χ1) is 12.0. The van der Waals surface area contributed by atoms with E-state index in [1.807, 2.05) is 0 Å². The van der Waals surface area contributed by atoms with E-state index in [0.29, 0.717) is 5.02 Å². The van der Waals surface area contributed by atoms with Gasteiger partial charge in [0.2, 0.25) is 0 Å². The topological polar surface area (TPSA) is 63.7 Å². The average molecular weight is 356 g/mol. The van der Waals surface area contributed by atoms with Crippen LogP contribution in [0.4, 0.5) is 0 Å². The summed E-state index contributed by atoms with van der Waals surface area (Å²) in [6.07, 6.45) is 1.48. The quantitative estimate of drug-likeness (QED) is 0.468. The summed E-state index contributed by atoms with van der Waals surface area (Å²) in [5.74, 6) is -1.39. The van der Waals surface area contributed by atoms with Crippen LogP contribution in [0, 0.1) is 0 Å². The summed E-state index contributed by atoms with van der Waals surface area (Å²) in [5.41, 5.74) is 1.49. The minimum atomic E-state index is -0.569. The van der Waals surface area contributed by atoms with Gasteiger partial charge in [-0.05, 0) is 35.9 Å². The Morgan fingerprint density at radius 3 is 2.44 bits per heavy atom. The highest BCUT2D eigenvalue weighted by molar-refractivity contribution is 6.30. The van der Waals surface area contributed by atoms with Crippen molar-refractivity contribution in [3.05, 3.63) is 82.4 Å². The van der Waals surface area contributed by atoms with Crippen molar-refractivity contribution in [2.75, 3.05) is 6.54 Å². The van der Waals surface area contributed by atoms with Crippen molar-refractivity contribution in [3.8, 4) is 0 Å². The van der Waals surface area contributed by atoms with Crippen molar-refractivity contribution in [3.63, 3.8) is 0 Å². The third-order valence-corrected chi connectivity index (χ3v) is 4.05. The van der Waals surface area contributed by atoms with Crippen LogP contribution < -0.4 is 0 Å². The first-order valence-electron chi connectivity index (χ1n) is 7.54. The van der Waals surface area contributed by atoms with Crippen LogP contribution in [0.15, 0.2) is 55.1 Å². The Balaban J connectivity index is 1.75. The first kappa shape index (κ1) is 16.9. The summed E-state index contributed by atoms with van der Waals surface area (Å²) in [6, 6.07) is 11.3. The standard InChI is InChI=1S/C19H14ClNO4/c1-2-9-21-17(22)15-8-5-13(10-16(15)18(21)23)19(24)25-11-12-3-6-14(20)7-4-12/h2-8,10H,1,9,11H2. The van der Waals surface area contributed by atoms with E-state index >= 15 is 0 Å². The molecule has 3 rings (SSSR count). The monoisotopic (exact) mass is 355 g/mol. The van der Waals surface area contributed by atoms with E-state index in [-0.39, 0.29) is 35.7 Å². The maximum Gasteiger partial charge on any atom is 0.338 e. The van der Waals surface area contributed by atoms with E-state index in [2.05, 4.69) is 6.58 Å². The molecule has 0 aromatic heterocycles. The van der Waals surface area contributed by atoms with Gasteiger partial charge in [0.25, 0.3) is 11.8 Å². The van der Waals surface area contributed by atoms with Crippen LogP contribution in [-0.2, 0) is 11.3 Å². The smallest absolute Gasteiger partial charge is 0.338 e. The highest BCUT2D eigenvalue weighted by Crippen LogP contribution is 2.24. The molecule has 126 valence electrons. The normalized spacial score (nSPS) is 12.9. The molecule has 0 saturated carbocycles. The van der Waals surface area contributed by atoms with Crippen molar-refractivity contribution < 1.29 is 19.1 Å². The number of halogens is 1. The summed E-state index contributed by atoms with van der Waals surface area (Å²) in [5, 5.41) is 0.598. The van der Waals surface area contributed by atoms with Gasteiger partial charge in [-0.2, -0.15) is 0 Å². The number of esters is 1. The molecule has 0 unspecified atom stereocenters. The Kier molecular flexibility index (Phi) is 4.67.